The highest BCUT2D eigenvalue weighted by molar-refractivity contribution is 5.96. The van der Waals surface area contributed by atoms with Crippen molar-refractivity contribution in [1.82, 2.24) is 0 Å². The number of furan rings is 1. The van der Waals surface area contributed by atoms with Crippen molar-refractivity contribution in [3.8, 4) is 5.75 Å². The minimum atomic E-state index is -0.0531. The topological polar surface area (TPSA) is 39.4 Å². The van der Waals surface area contributed by atoms with Crippen LogP contribution in [-0.4, -0.2) is 11.9 Å². The number of Topliss-reactive ketones (excluding diaryl/α,β-unsaturated/α-hetero) is 1. The van der Waals surface area contributed by atoms with Gasteiger partial charge >= 0.3 is 0 Å². The van der Waals surface area contributed by atoms with Gasteiger partial charge in [-0.3, -0.25) is 4.79 Å². The molecule has 0 N–H and O–H groups in total. The van der Waals surface area contributed by atoms with Crippen LogP contribution in [0.1, 0.15) is 36.7 Å². The van der Waals surface area contributed by atoms with Crippen molar-refractivity contribution < 1.29 is 13.9 Å². The molecule has 2 aromatic rings. The van der Waals surface area contributed by atoms with Crippen molar-refractivity contribution >= 4 is 16.8 Å². The zero-order chi connectivity index (χ0) is 11.8. The molecule has 0 atom stereocenters. The van der Waals surface area contributed by atoms with Gasteiger partial charge in [0.15, 0.2) is 11.5 Å². The second kappa shape index (κ2) is 3.91. The molecule has 88 valence electrons. The van der Waals surface area contributed by atoms with Gasteiger partial charge in [-0.2, -0.15) is 0 Å². The first-order valence-electron chi connectivity index (χ1n) is 5.93. The van der Waals surface area contributed by atoms with Gasteiger partial charge in [0.2, 0.25) is 0 Å². The molecule has 1 aromatic heterocycles. The Labute approximate surface area is 99.4 Å². The number of ether oxygens (including phenoxy) is 1. The number of hydrogen-bond acceptors (Lipinski definition) is 3. The predicted molar refractivity (Wildman–Crippen MR) is 64.5 cm³/mol. The molecule has 3 nitrogen and oxygen atoms in total. The van der Waals surface area contributed by atoms with E-state index in [0.717, 1.165) is 29.6 Å². The van der Waals surface area contributed by atoms with E-state index < -0.39 is 0 Å². The fraction of sp³-hybridized carbons (Fsp3) is 0.357. The van der Waals surface area contributed by atoms with E-state index in [1.807, 2.05) is 18.2 Å². The number of ketones is 1. The average molecular weight is 230 g/mol. The third-order valence-electron chi connectivity index (χ3n) is 3.19. The van der Waals surface area contributed by atoms with Gasteiger partial charge in [0.05, 0.1) is 6.10 Å². The molecule has 3 rings (SSSR count). The van der Waals surface area contributed by atoms with Crippen LogP contribution in [0.5, 0.6) is 5.75 Å². The smallest absolute Gasteiger partial charge is 0.194 e. The van der Waals surface area contributed by atoms with Crippen molar-refractivity contribution in [2.24, 2.45) is 0 Å². The summed E-state index contributed by atoms with van der Waals surface area (Å²) >= 11 is 0. The van der Waals surface area contributed by atoms with Gasteiger partial charge in [-0.25, -0.2) is 0 Å². The highest BCUT2D eigenvalue weighted by Gasteiger charge is 2.19. The summed E-state index contributed by atoms with van der Waals surface area (Å²) in [5.74, 6) is 1.21. The van der Waals surface area contributed by atoms with Crippen LogP contribution in [0, 0.1) is 0 Å². The standard InChI is InChI=1S/C14H14O3/c1-9(15)14-8-10-7-12(5-6-13(10)17-14)16-11-3-2-4-11/h5-8,11H,2-4H2,1H3. The number of hydrogen-bond donors (Lipinski definition) is 0. The van der Waals surface area contributed by atoms with Gasteiger partial charge < -0.3 is 9.15 Å². The molecule has 1 fully saturated rings. The summed E-state index contributed by atoms with van der Waals surface area (Å²) in [7, 11) is 0. The summed E-state index contributed by atoms with van der Waals surface area (Å²) in [4.78, 5) is 11.2. The van der Waals surface area contributed by atoms with Crippen molar-refractivity contribution in [3.05, 3.63) is 30.0 Å². The van der Waals surface area contributed by atoms with Crippen LogP contribution in [0.25, 0.3) is 11.0 Å². The van der Waals surface area contributed by atoms with E-state index in [-0.39, 0.29) is 5.78 Å². The Morgan fingerprint density at radius 2 is 2.18 bits per heavy atom. The third kappa shape index (κ3) is 1.93. The largest absolute Gasteiger partial charge is 0.490 e. The summed E-state index contributed by atoms with van der Waals surface area (Å²) in [6.07, 6.45) is 3.91. The number of rotatable bonds is 3. The maximum Gasteiger partial charge on any atom is 0.194 e. The molecule has 1 aliphatic rings. The summed E-state index contributed by atoms with van der Waals surface area (Å²) in [5, 5.41) is 0.923. The molecule has 0 aliphatic heterocycles. The Morgan fingerprint density at radius 1 is 1.35 bits per heavy atom. The Hall–Kier alpha value is -1.77. The average Bonchev–Trinajstić information content (AvgIpc) is 2.66. The molecule has 1 saturated carbocycles. The Balaban J connectivity index is 1.91. The first kappa shape index (κ1) is 10.4. The molecule has 3 heteroatoms. The third-order valence-corrected chi connectivity index (χ3v) is 3.19. The van der Waals surface area contributed by atoms with Crippen molar-refractivity contribution in [2.45, 2.75) is 32.3 Å². The molecule has 0 saturated heterocycles. The number of carbonyl (C=O) groups is 1. The number of carbonyl (C=O) groups excluding carboxylic acids is 1. The van der Waals surface area contributed by atoms with Crippen LogP contribution in [0.4, 0.5) is 0 Å². The molecular formula is C14H14O3. The molecule has 1 heterocycles. The summed E-state index contributed by atoms with van der Waals surface area (Å²) in [5.41, 5.74) is 0.733. The lowest BCUT2D eigenvalue weighted by Crippen LogP contribution is -2.24. The molecule has 0 bridgehead atoms. The molecule has 0 unspecified atom stereocenters. The van der Waals surface area contributed by atoms with Crippen LogP contribution >= 0.6 is 0 Å². The fourth-order valence-electron chi connectivity index (χ4n) is 1.95. The van der Waals surface area contributed by atoms with E-state index in [9.17, 15) is 4.79 Å². The molecule has 0 amide bonds. The van der Waals surface area contributed by atoms with E-state index in [2.05, 4.69) is 0 Å². The van der Waals surface area contributed by atoms with Crippen LogP contribution in [-0.2, 0) is 0 Å². The second-order valence-corrected chi connectivity index (χ2v) is 4.54. The van der Waals surface area contributed by atoms with E-state index in [1.54, 1.807) is 6.07 Å². The van der Waals surface area contributed by atoms with Gasteiger partial charge in [-0.05, 0) is 43.5 Å². The van der Waals surface area contributed by atoms with Crippen LogP contribution in [0.2, 0.25) is 0 Å². The SMILES string of the molecule is CC(=O)c1cc2cc(OC3CCC3)ccc2o1. The fourth-order valence-corrected chi connectivity index (χ4v) is 1.95. The molecule has 1 aliphatic carbocycles. The zero-order valence-electron chi connectivity index (χ0n) is 9.73. The lowest BCUT2D eigenvalue weighted by molar-refractivity contribution is 0.0989. The van der Waals surface area contributed by atoms with Crippen LogP contribution < -0.4 is 4.74 Å². The van der Waals surface area contributed by atoms with E-state index in [4.69, 9.17) is 9.15 Å². The van der Waals surface area contributed by atoms with Gasteiger partial charge in [-0.1, -0.05) is 0 Å². The van der Waals surface area contributed by atoms with Gasteiger partial charge in [-0.15, -0.1) is 0 Å². The summed E-state index contributed by atoms with van der Waals surface area (Å²) < 4.78 is 11.2. The Morgan fingerprint density at radius 3 is 2.82 bits per heavy atom. The first-order chi connectivity index (χ1) is 8.22. The van der Waals surface area contributed by atoms with E-state index in [1.165, 1.54) is 13.3 Å². The van der Waals surface area contributed by atoms with E-state index in [0.29, 0.717) is 11.9 Å². The summed E-state index contributed by atoms with van der Waals surface area (Å²) in [6, 6.07) is 7.46. The predicted octanol–water partition coefficient (Wildman–Crippen LogP) is 3.57. The Bertz CT molecular complexity index is 564. The maximum atomic E-state index is 11.2. The monoisotopic (exact) mass is 230 g/mol. The lowest BCUT2D eigenvalue weighted by atomic mass is 9.96. The second-order valence-electron chi connectivity index (χ2n) is 4.54. The van der Waals surface area contributed by atoms with Crippen molar-refractivity contribution in [1.29, 1.82) is 0 Å². The summed E-state index contributed by atoms with van der Waals surface area (Å²) in [6.45, 7) is 1.50. The van der Waals surface area contributed by atoms with Crippen LogP contribution in [0.3, 0.4) is 0 Å². The molecule has 17 heavy (non-hydrogen) atoms. The normalized spacial score (nSPS) is 15.8. The van der Waals surface area contributed by atoms with E-state index >= 15 is 0 Å². The van der Waals surface area contributed by atoms with Gasteiger partial charge in [0.1, 0.15) is 11.3 Å². The zero-order valence-corrected chi connectivity index (χ0v) is 9.73. The number of fused-ring (bicyclic) bond motifs is 1. The Kier molecular flexibility index (Phi) is 2.39. The maximum absolute atomic E-state index is 11.2. The van der Waals surface area contributed by atoms with Crippen LogP contribution in [0.15, 0.2) is 28.7 Å². The minimum Gasteiger partial charge on any atom is -0.490 e. The highest BCUT2D eigenvalue weighted by atomic mass is 16.5. The van der Waals surface area contributed by atoms with Crippen molar-refractivity contribution in [2.75, 3.05) is 0 Å². The molecule has 0 radical (unpaired) electrons. The molecule has 1 aromatic carbocycles. The minimum absolute atomic E-state index is 0.0531. The lowest BCUT2D eigenvalue weighted by Gasteiger charge is -2.26. The molecular weight excluding hydrogens is 216 g/mol. The number of benzene rings is 1. The first-order valence-corrected chi connectivity index (χ1v) is 5.93. The highest BCUT2D eigenvalue weighted by Crippen LogP contribution is 2.29. The van der Waals surface area contributed by atoms with Crippen molar-refractivity contribution in [3.63, 3.8) is 0 Å². The molecule has 0 spiro atoms. The van der Waals surface area contributed by atoms with Gasteiger partial charge in [0.25, 0.3) is 0 Å². The quantitative estimate of drug-likeness (QED) is 0.757. The van der Waals surface area contributed by atoms with Gasteiger partial charge in [0, 0.05) is 12.3 Å².